The minimum atomic E-state index is -0.957. The van der Waals surface area contributed by atoms with Crippen LogP contribution in [0.25, 0.3) is 0 Å². The summed E-state index contributed by atoms with van der Waals surface area (Å²) >= 11 is 0. The van der Waals surface area contributed by atoms with Crippen LogP contribution < -0.4 is 0 Å². The highest BCUT2D eigenvalue weighted by Gasteiger charge is 2.39. The van der Waals surface area contributed by atoms with Crippen LogP contribution in [0.4, 0.5) is 4.79 Å². The zero-order valence-corrected chi connectivity index (χ0v) is 5.16. The number of hydrogen-bond acceptors (Lipinski definition) is 2. The Balaban J connectivity index is 2.35. The molecular formula is C5H9NO3. The average molecular weight is 131 g/mol. The van der Waals surface area contributed by atoms with Crippen molar-refractivity contribution in [1.29, 1.82) is 0 Å². The maximum absolute atomic E-state index is 10.1. The van der Waals surface area contributed by atoms with Crippen LogP contribution in [0.2, 0.25) is 0 Å². The third-order valence-electron chi connectivity index (χ3n) is 1.33. The van der Waals surface area contributed by atoms with Crippen molar-refractivity contribution in [1.82, 2.24) is 4.90 Å². The predicted octanol–water partition coefficient (Wildman–Crippen LogP) is -0.269. The molecule has 1 saturated heterocycles. The highest BCUT2D eigenvalue weighted by Crippen LogP contribution is 2.18. The number of rotatable bonds is 0. The van der Waals surface area contributed by atoms with Gasteiger partial charge in [-0.25, -0.2) is 4.79 Å². The Kier molecular flexibility index (Phi) is 1.13. The number of carbonyl (C=O) groups is 1. The lowest BCUT2D eigenvalue weighted by Crippen LogP contribution is -2.61. The molecule has 1 heterocycles. The molecule has 0 unspecified atom stereocenters. The number of aliphatic hydroxyl groups is 1. The molecule has 0 aromatic heterocycles. The molecule has 1 aliphatic rings. The van der Waals surface area contributed by atoms with Crippen LogP contribution in [0.15, 0.2) is 0 Å². The first-order valence-corrected chi connectivity index (χ1v) is 2.71. The minimum absolute atomic E-state index is 0.238. The molecule has 1 rings (SSSR count). The van der Waals surface area contributed by atoms with E-state index in [4.69, 9.17) is 10.2 Å². The van der Waals surface area contributed by atoms with Crippen LogP contribution in [0, 0.1) is 0 Å². The van der Waals surface area contributed by atoms with E-state index in [0.29, 0.717) is 0 Å². The van der Waals surface area contributed by atoms with Crippen molar-refractivity contribution in [3.05, 3.63) is 0 Å². The van der Waals surface area contributed by atoms with Gasteiger partial charge in [-0.1, -0.05) is 0 Å². The van der Waals surface area contributed by atoms with Gasteiger partial charge in [-0.3, -0.25) is 0 Å². The van der Waals surface area contributed by atoms with Crippen molar-refractivity contribution >= 4 is 6.09 Å². The molecule has 0 radical (unpaired) electrons. The second-order valence-electron chi connectivity index (χ2n) is 2.64. The predicted molar refractivity (Wildman–Crippen MR) is 30.2 cm³/mol. The summed E-state index contributed by atoms with van der Waals surface area (Å²) in [6.45, 7) is 2.09. The van der Waals surface area contributed by atoms with E-state index in [0.717, 1.165) is 0 Å². The third-order valence-corrected chi connectivity index (χ3v) is 1.33. The Morgan fingerprint density at radius 2 is 2.11 bits per heavy atom. The maximum Gasteiger partial charge on any atom is 0.407 e. The fourth-order valence-electron chi connectivity index (χ4n) is 0.911. The molecule has 0 aromatic rings. The van der Waals surface area contributed by atoms with Crippen molar-refractivity contribution in [2.75, 3.05) is 13.1 Å². The van der Waals surface area contributed by atoms with Crippen LogP contribution in [0.3, 0.4) is 0 Å². The molecule has 0 aliphatic carbocycles. The van der Waals surface area contributed by atoms with E-state index in [9.17, 15) is 4.79 Å². The SMILES string of the molecule is CC1(O)CN(C(=O)O)C1. The van der Waals surface area contributed by atoms with E-state index in [1.807, 2.05) is 0 Å². The summed E-state index contributed by atoms with van der Waals surface area (Å²) in [4.78, 5) is 11.3. The lowest BCUT2D eigenvalue weighted by Gasteiger charge is -2.42. The Labute approximate surface area is 52.7 Å². The Bertz CT molecular complexity index is 135. The van der Waals surface area contributed by atoms with Gasteiger partial charge in [0, 0.05) is 0 Å². The van der Waals surface area contributed by atoms with Gasteiger partial charge in [-0.2, -0.15) is 0 Å². The molecule has 4 heteroatoms. The number of β-amino-alcohol motifs (C(OH)–C–C–N with tert-alkyl or cyclic N) is 1. The van der Waals surface area contributed by atoms with Crippen LogP contribution in [0.5, 0.6) is 0 Å². The van der Waals surface area contributed by atoms with Crippen LogP contribution in [0.1, 0.15) is 6.92 Å². The number of nitrogens with zero attached hydrogens (tertiary/aromatic N) is 1. The second-order valence-corrected chi connectivity index (χ2v) is 2.64. The smallest absolute Gasteiger partial charge is 0.407 e. The summed E-state index contributed by atoms with van der Waals surface area (Å²) in [6, 6.07) is 0. The van der Waals surface area contributed by atoms with Gasteiger partial charge in [-0.05, 0) is 6.92 Å². The monoisotopic (exact) mass is 131 g/mol. The van der Waals surface area contributed by atoms with Gasteiger partial charge in [0.15, 0.2) is 0 Å². The average Bonchev–Trinajstić information content (AvgIpc) is 1.59. The van der Waals surface area contributed by atoms with Gasteiger partial charge in [0.1, 0.15) is 0 Å². The van der Waals surface area contributed by atoms with Crippen molar-refractivity contribution < 1.29 is 15.0 Å². The lowest BCUT2D eigenvalue weighted by atomic mass is 9.98. The highest BCUT2D eigenvalue weighted by atomic mass is 16.4. The summed E-state index contributed by atoms with van der Waals surface area (Å²) < 4.78 is 0. The number of likely N-dealkylation sites (tertiary alicyclic amines) is 1. The van der Waals surface area contributed by atoms with E-state index in [-0.39, 0.29) is 13.1 Å². The first-order chi connectivity index (χ1) is 4.01. The summed E-state index contributed by atoms with van der Waals surface area (Å²) in [6.07, 6.45) is -0.957. The van der Waals surface area contributed by atoms with Gasteiger partial charge in [0.2, 0.25) is 0 Å². The quantitative estimate of drug-likeness (QED) is 0.475. The fourth-order valence-corrected chi connectivity index (χ4v) is 0.911. The molecule has 0 spiro atoms. The normalized spacial score (nSPS) is 23.1. The van der Waals surface area contributed by atoms with Crippen LogP contribution in [-0.2, 0) is 0 Å². The molecular weight excluding hydrogens is 122 g/mol. The Morgan fingerprint density at radius 1 is 1.67 bits per heavy atom. The van der Waals surface area contributed by atoms with Crippen LogP contribution in [-0.4, -0.2) is 39.9 Å². The van der Waals surface area contributed by atoms with E-state index in [1.54, 1.807) is 6.92 Å². The summed E-state index contributed by atoms with van der Waals surface area (Å²) in [5, 5.41) is 17.3. The molecule has 1 fully saturated rings. The van der Waals surface area contributed by atoms with Crippen molar-refractivity contribution in [2.24, 2.45) is 0 Å². The number of carboxylic acid groups (broad SMARTS) is 1. The molecule has 0 aromatic carbocycles. The summed E-state index contributed by atoms with van der Waals surface area (Å²) in [5.74, 6) is 0. The summed E-state index contributed by atoms with van der Waals surface area (Å²) in [7, 11) is 0. The number of amides is 1. The molecule has 2 N–H and O–H groups in total. The fraction of sp³-hybridized carbons (Fsp3) is 0.800. The standard InChI is InChI=1S/C5H9NO3/c1-5(9)2-6(3-5)4(7)8/h9H,2-3H2,1H3,(H,7,8). The second kappa shape index (κ2) is 1.60. The van der Waals surface area contributed by atoms with Gasteiger partial charge in [0.05, 0.1) is 18.7 Å². The molecule has 0 bridgehead atoms. The molecule has 9 heavy (non-hydrogen) atoms. The summed E-state index contributed by atoms with van der Waals surface area (Å²) in [5.41, 5.74) is -0.779. The topological polar surface area (TPSA) is 60.8 Å². The largest absolute Gasteiger partial charge is 0.465 e. The van der Waals surface area contributed by atoms with Crippen molar-refractivity contribution in [2.45, 2.75) is 12.5 Å². The van der Waals surface area contributed by atoms with E-state index in [2.05, 4.69) is 0 Å². The lowest BCUT2D eigenvalue weighted by molar-refractivity contribution is -0.0699. The van der Waals surface area contributed by atoms with Crippen molar-refractivity contribution in [3.63, 3.8) is 0 Å². The van der Waals surface area contributed by atoms with Gasteiger partial charge in [0.25, 0.3) is 0 Å². The van der Waals surface area contributed by atoms with Crippen LogP contribution >= 0.6 is 0 Å². The highest BCUT2D eigenvalue weighted by molar-refractivity contribution is 5.66. The molecule has 1 aliphatic heterocycles. The Morgan fingerprint density at radius 3 is 2.22 bits per heavy atom. The first kappa shape index (κ1) is 6.35. The first-order valence-electron chi connectivity index (χ1n) is 2.71. The molecule has 0 saturated carbocycles. The van der Waals surface area contributed by atoms with Gasteiger partial charge < -0.3 is 15.1 Å². The molecule has 1 amide bonds. The van der Waals surface area contributed by atoms with E-state index < -0.39 is 11.7 Å². The van der Waals surface area contributed by atoms with E-state index in [1.165, 1.54) is 4.90 Å². The number of hydrogen-bond donors (Lipinski definition) is 2. The van der Waals surface area contributed by atoms with E-state index >= 15 is 0 Å². The molecule has 0 atom stereocenters. The minimum Gasteiger partial charge on any atom is -0.465 e. The maximum atomic E-state index is 10.1. The zero-order chi connectivity index (χ0) is 7.07. The van der Waals surface area contributed by atoms with Gasteiger partial charge in [-0.15, -0.1) is 0 Å². The molecule has 52 valence electrons. The molecule has 4 nitrogen and oxygen atoms in total. The zero-order valence-electron chi connectivity index (χ0n) is 5.16. The van der Waals surface area contributed by atoms with Gasteiger partial charge >= 0.3 is 6.09 Å². The third kappa shape index (κ3) is 1.13. The van der Waals surface area contributed by atoms with Crippen molar-refractivity contribution in [3.8, 4) is 0 Å². The Hall–Kier alpha value is -0.770.